The van der Waals surface area contributed by atoms with Gasteiger partial charge in [0.05, 0.1) is 22.9 Å². The molecule has 1 aromatic carbocycles. The van der Waals surface area contributed by atoms with Crippen molar-refractivity contribution in [1.82, 2.24) is 15.2 Å². The van der Waals surface area contributed by atoms with E-state index in [9.17, 15) is 9.18 Å². The summed E-state index contributed by atoms with van der Waals surface area (Å²) < 4.78 is 23.7. The van der Waals surface area contributed by atoms with Gasteiger partial charge >= 0.3 is 6.16 Å². The van der Waals surface area contributed by atoms with E-state index in [1.165, 1.54) is 23.5 Å². The number of carbonyl (C=O) groups is 1. The summed E-state index contributed by atoms with van der Waals surface area (Å²) >= 11 is 1.29. The fraction of sp³-hybridized carbons (Fsp3) is 0.154. The van der Waals surface area contributed by atoms with Gasteiger partial charge in [0.25, 0.3) is 0 Å². The fourth-order valence-corrected chi connectivity index (χ4v) is 3.05. The lowest BCUT2D eigenvalue weighted by atomic mass is 10.2. The minimum atomic E-state index is -0.988. The summed E-state index contributed by atoms with van der Waals surface area (Å²) in [5, 5.41) is 7.28. The van der Waals surface area contributed by atoms with E-state index in [2.05, 4.69) is 19.9 Å². The number of anilines is 1. The Kier molecular flexibility index (Phi) is 3.41. The Morgan fingerprint density at radius 1 is 1.45 bits per heavy atom. The number of halogens is 1. The van der Waals surface area contributed by atoms with Crippen LogP contribution < -0.4 is 10.5 Å². The van der Waals surface area contributed by atoms with Crippen LogP contribution in [0.2, 0.25) is 0 Å². The first-order valence-corrected chi connectivity index (χ1v) is 6.98. The molecule has 0 bridgehead atoms. The molecule has 0 saturated heterocycles. The van der Waals surface area contributed by atoms with Gasteiger partial charge in [-0.05, 0) is 6.92 Å². The number of fused-ring (bicyclic) bond motifs is 1. The van der Waals surface area contributed by atoms with Gasteiger partial charge in [-0.15, -0.1) is 11.3 Å². The topological polar surface area (TPSA) is 103 Å². The SMILES string of the molecule is COC(=O)Oc1cc2sc(-c3c(N)n[nH]c3C)nc2cc1F. The number of aromatic nitrogens is 3. The molecule has 0 saturated carbocycles. The van der Waals surface area contributed by atoms with Crippen LogP contribution in [0.1, 0.15) is 5.69 Å². The van der Waals surface area contributed by atoms with E-state index in [0.29, 0.717) is 26.6 Å². The van der Waals surface area contributed by atoms with E-state index in [-0.39, 0.29) is 5.75 Å². The van der Waals surface area contributed by atoms with Crippen LogP contribution in [0.4, 0.5) is 15.0 Å². The van der Waals surface area contributed by atoms with Gasteiger partial charge in [0.2, 0.25) is 0 Å². The standard InChI is InChI=1S/C13H11FN4O3S/c1-5-10(11(15)18-17-5)12-16-7-3-6(14)8(4-9(7)22-12)21-13(19)20-2/h3-4H,1-2H3,(H3,15,17,18). The first kappa shape index (κ1) is 14.3. The lowest BCUT2D eigenvalue weighted by molar-refractivity contribution is 0.120. The van der Waals surface area contributed by atoms with Crippen molar-refractivity contribution in [3.8, 4) is 16.3 Å². The molecule has 0 spiro atoms. The second-order valence-electron chi connectivity index (χ2n) is 4.43. The Labute approximate surface area is 127 Å². The molecular formula is C13H11FN4O3S. The minimum absolute atomic E-state index is 0.216. The average Bonchev–Trinajstić information content (AvgIpc) is 3.01. The zero-order valence-electron chi connectivity index (χ0n) is 11.6. The molecular weight excluding hydrogens is 311 g/mol. The van der Waals surface area contributed by atoms with Crippen molar-refractivity contribution in [3.05, 3.63) is 23.6 Å². The number of aryl methyl sites for hydroxylation is 1. The third-order valence-corrected chi connectivity index (χ3v) is 4.03. The maximum absolute atomic E-state index is 13.9. The predicted octanol–water partition coefficient (Wildman–Crippen LogP) is 2.86. The van der Waals surface area contributed by atoms with Crippen molar-refractivity contribution in [2.24, 2.45) is 0 Å². The van der Waals surface area contributed by atoms with Crippen molar-refractivity contribution in [1.29, 1.82) is 0 Å². The van der Waals surface area contributed by atoms with Crippen LogP contribution in [0.15, 0.2) is 12.1 Å². The molecule has 0 atom stereocenters. The van der Waals surface area contributed by atoms with Crippen molar-refractivity contribution >= 4 is 33.5 Å². The van der Waals surface area contributed by atoms with Gasteiger partial charge in [-0.25, -0.2) is 14.2 Å². The van der Waals surface area contributed by atoms with Crippen LogP contribution in [0.25, 0.3) is 20.8 Å². The molecule has 3 aromatic rings. The van der Waals surface area contributed by atoms with E-state index in [0.717, 1.165) is 12.8 Å². The molecule has 2 aromatic heterocycles. The van der Waals surface area contributed by atoms with E-state index in [1.54, 1.807) is 0 Å². The second kappa shape index (κ2) is 5.26. The van der Waals surface area contributed by atoms with Gasteiger partial charge in [-0.2, -0.15) is 5.10 Å². The monoisotopic (exact) mass is 322 g/mol. The maximum Gasteiger partial charge on any atom is 0.513 e. The van der Waals surface area contributed by atoms with Crippen molar-refractivity contribution < 1.29 is 18.7 Å². The largest absolute Gasteiger partial charge is 0.513 e. The Bertz CT molecular complexity index is 854. The van der Waals surface area contributed by atoms with Crippen molar-refractivity contribution in [2.75, 3.05) is 12.8 Å². The molecule has 0 aliphatic carbocycles. The summed E-state index contributed by atoms with van der Waals surface area (Å²) in [6, 6.07) is 2.59. The summed E-state index contributed by atoms with van der Waals surface area (Å²) in [6.07, 6.45) is -0.988. The highest BCUT2D eigenvalue weighted by molar-refractivity contribution is 7.21. The molecule has 0 fully saturated rings. The molecule has 3 rings (SSSR count). The lowest BCUT2D eigenvalue weighted by Crippen LogP contribution is -2.08. The summed E-state index contributed by atoms with van der Waals surface area (Å²) in [7, 11) is 1.15. The lowest BCUT2D eigenvalue weighted by Gasteiger charge is -2.03. The van der Waals surface area contributed by atoms with Gasteiger partial charge in [0.1, 0.15) is 5.01 Å². The molecule has 0 aliphatic rings. The van der Waals surface area contributed by atoms with Gasteiger partial charge < -0.3 is 15.2 Å². The number of nitrogen functional groups attached to an aromatic ring is 1. The number of H-pyrrole nitrogens is 1. The Balaban J connectivity index is 2.09. The quantitative estimate of drug-likeness (QED) is 0.555. The van der Waals surface area contributed by atoms with Crippen LogP contribution in [0.3, 0.4) is 0 Å². The summed E-state index contributed by atoms with van der Waals surface area (Å²) in [4.78, 5) is 15.4. The number of nitrogens with zero attached hydrogens (tertiary/aromatic N) is 2. The smallest absolute Gasteiger partial charge is 0.437 e. The molecule has 0 amide bonds. The zero-order chi connectivity index (χ0) is 15.9. The van der Waals surface area contributed by atoms with E-state index >= 15 is 0 Å². The first-order valence-electron chi connectivity index (χ1n) is 6.16. The summed E-state index contributed by atoms with van der Waals surface area (Å²) in [5.41, 5.74) is 7.69. The Hall–Kier alpha value is -2.68. The molecule has 114 valence electrons. The fourth-order valence-electron chi connectivity index (χ4n) is 1.96. The maximum atomic E-state index is 13.9. The zero-order valence-corrected chi connectivity index (χ0v) is 12.5. The van der Waals surface area contributed by atoms with Gasteiger partial charge in [0, 0.05) is 17.8 Å². The minimum Gasteiger partial charge on any atom is -0.437 e. The highest BCUT2D eigenvalue weighted by Crippen LogP contribution is 2.36. The molecule has 22 heavy (non-hydrogen) atoms. The highest BCUT2D eigenvalue weighted by Gasteiger charge is 2.17. The number of hydrogen-bond acceptors (Lipinski definition) is 7. The number of thiazole rings is 1. The van der Waals surface area contributed by atoms with Crippen molar-refractivity contribution in [2.45, 2.75) is 6.92 Å². The first-order chi connectivity index (χ1) is 10.5. The van der Waals surface area contributed by atoms with Gasteiger partial charge in [0.15, 0.2) is 17.4 Å². The van der Waals surface area contributed by atoms with Crippen LogP contribution >= 0.6 is 11.3 Å². The normalized spacial score (nSPS) is 10.9. The molecule has 2 heterocycles. The Morgan fingerprint density at radius 3 is 2.86 bits per heavy atom. The van der Waals surface area contributed by atoms with E-state index in [4.69, 9.17) is 10.5 Å². The average molecular weight is 322 g/mol. The third kappa shape index (κ3) is 2.35. The predicted molar refractivity (Wildman–Crippen MR) is 79.3 cm³/mol. The number of rotatable bonds is 2. The number of nitrogens with two attached hydrogens (primary N) is 1. The number of ether oxygens (including phenoxy) is 2. The van der Waals surface area contributed by atoms with Gasteiger partial charge in [-0.3, -0.25) is 5.10 Å². The molecule has 3 N–H and O–H groups in total. The molecule has 0 aliphatic heterocycles. The summed E-state index contributed by atoms with van der Waals surface area (Å²) in [6.45, 7) is 1.82. The van der Waals surface area contributed by atoms with Crippen molar-refractivity contribution in [3.63, 3.8) is 0 Å². The molecule has 0 radical (unpaired) electrons. The molecule has 7 nitrogen and oxygen atoms in total. The van der Waals surface area contributed by atoms with Crippen LogP contribution in [-0.4, -0.2) is 28.4 Å². The highest BCUT2D eigenvalue weighted by atomic mass is 32.1. The number of carbonyl (C=O) groups excluding carboxylic acids is 1. The van der Waals surface area contributed by atoms with Crippen LogP contribution in [-0.2, 0) is 4.74 Å². The molecule has 9 heteroatoms. The van der Waals surface area contributed by atoms with Crippen LogP contribution in [0, 0.1) is 12.7 Å². The van der Waals surface area contributed by atoms with Gasteiger partial charge in [-0.1, -0.05) is 0 Å². The number of methoxy groups -OCH3 is 1. The summed E-state index contributed by atoms with van der Waals surface area (Å²) in [5.74, 6) is -0.596. The number of aromatic amines is 1. The molecule has 0 unspecified atom stereocenters. The number of nitrogens with one attached hydrogen (secondary N) is 1. The number of hydrogen-bond donors (Lipinski definition) is 2. The second-order valence-corrected chi connectivity index (χ2v) is 5.47. The van der Waals surface area contributed by atoms with E-state index < -0.39 is 12.0 Å². The Morgan fingerprint density at radius 2 is 2.23 bits per heavy atom. The van der Waals surface area contributed by atoms with E-state index in [1.807, 2.05) is 6.92 Å². The van der Waals surface area contributed by atoms with Crippen LogP contribution in [0.5, 0.6) is 5.75 Å². The third-order valence-electron chi connectivity index (χ3n) is 2.99. The number of benzene rings is 1.